The van der Waals surface area contributed by atoms with Crippen LogP contribution in [0.15, 0.2) is 24.3 Å². The molecule has 0 radical (unpaired) electrons. The molecule has 0 spiro atoms. The third-order valence-electron chi connectivity index (χ3n) is 3.46. The number of hydrogen-bond donors (Lipinski definition) is 0. The van der Waals surface area contributed by atoms with Crippen LogP contribution in [0.25, 0.3) is 0 Å². The first-order chi connectivity index (χ1) is 4.95. The van der Waals surface area contributed by atoms with Gasteiger partial charge in [0.25, 0.3) is 0 Å². The van der Waals surface area contributed by atoms with Gasteiger partial charge < -0.3 is 0 Å². The molecular weight excluding hydrogens is 282 g/mol. The molecule has 72 valence electrons. The Morgan fingerprint density at radius 2 is 1.62 bits per heavy atom. The zero-order chi connectivity index (χ0) is 6.55. The number of hydrogen-bond acceptors (Lipinski definition) is 0. The van der Waals surface area contributed by atoms with Crippen LogP contribution >= 0.6 is 24.8 Å². The molecule has 3 heteroatoms. The third-order valence-corrected chi connectivity index (χ3v) is 3.46. The van der Waals surface area contributed by atoms with E-state index in [9.17, 15) is 0 Å². The van der Waals surface area contributed by atoms with E-state index >= 15 is 0 Å². The van der Waals surface area contributed by atoms with Crippen molar-refractivity contribution in [1.82, 2.24) is 0 Å². The van der Waals surface area contributed by atoms with E-state index in [1.807, 2.05) is 0 Å². The standard InChI is InChI=1S/C10H12.2ClH.Zr/c1-2-9-7-4-5-8(6-7)10(9)3-1;;;/h1-2,4-5,7-10H,3,6H2;2*1H;. The van der Waals surface area contributed by atoms with Crippen LogP contribution in [0.2, 0.25) is 0 Å². The van der Waals surface area contributed by atoms with Crippen molar-refractivity contribution in [3.8, 4) is 0 Å². The van der Waals surface area contributed by atoms with E-state index < -0.39 is 0 Å². The Labute approximate surface area is 111 Å². The summed E-state index contributed by atoms with van der Waals surface area (Å²) in [7, 11) is 0. The molecular formula is C10H14Cl2Zr. The normalized spacial score (nSPS) is 41.8. The molecule has 4 atom stereocenters. The maximum atomic E-state index is 2.44. The summed E-state index contributed by atoms with van der Waals surface area (Å²) in [5.41, 5.74) is 0. The van der Waals surface area contributed by atoms with Crippen molar-refractivity contribution in [3.05, 3.63) is 24.3 Å². The second-order valence-corrected chi connectivity index (χ2v) is 3.85. The van der Waals surface area contributed by atoms with Gasteiger partial charge in [0.2, 0.25) is 0 Å². The largest absolute Gasteiger partial charge is 0.147 e. The molecule has 0 amide bonds. The minimum Gasteiger partial charge on any atom is -0.147 e. The van der Waals surface area contributed by atoms with E-state index in [0.717, 1.165) is 23.7 Å². The fraction of sp³-hybridized carbons (Fsp3) is 0.600. The molecule has 0 heterocycles. The summed E-state index contributed by atoms with van der Waals surface area (Å²) in [6.45, 7) is 0. The molecule has 0 aliphatic heterocycles. The summed E-state index contributed by atoms with van der Waals surface area (Å²) in [6, 6.07) is 0. The third kappa shape index (κ3) is 1.99. The van der Waals surface area contributed by atoms with Gasteiger partial charge >= 0.3 is 0 Å². The summed E-state index contributed by atoms with van der Waals surface area (Å²) >= 11 is 0. The first-order valence-corrected chi connectivity index (χ1v) is 4.30. The molecule has 3 rings (SSSR count). The van der Waals surface area contributed by atoms with E-state index in [1.54, 1.807) is 0 Å². The Balaban J connectivity index is 0.000000480. The number of halogens is 2. The minimum absolute atomic E-state index is 0. The van der Waals surface area contributed by atoms with Crippen LogP contribution in [-0.4, -0.2) is 0 Å². The zero-order valence-corrected chi connectivity index (χ0v) is 11.4. The molecule has 13 heavy (non-hydrogen) atoms. The molecule has 1 saturated carbocycles. The monoisotopic (exact) mass is 294 g/mol. The molecule has 4 unspecified atom stereocenters. The summed E-state index contributed by atoms with van der Waals surface area (Å²) in [5.74, 6) is 3.82. The van der Waals surface area contributed by atoms with Crippen molar-refractivity contribution >= 4 is 24.8 Å². The van der Waals surface area contributed by atoms with Gasteiger partial charge in [0, 0.05) is 26.2 Å². The molecule has 0 aromatic rings. The van der Waals surface area contributed by atoms with Crippen molar-refractivity contribution < 1.29 is 26.2 Å². The molecule has 0 saturated heterocycles. The Morgan fingerprint density at radius 1 is 0.923 bits per heavy atom. The van der Waals surface area contributed by atoms with E-state index in [0.29, 0.717) is 0 Å². The molecule has 0 aromatic heterocycles. The molecule has 0 nitrogen and oxygen atoms in total. The van der Waals surface area contributed by atoms with Crippen LogP contribution in [0.5, 0.6) is 0 Å². The van der Waals surface area contributed by atoms with Crippen LogP contribution in [0.4, 0.5) is 0 Å². The van der Waals surface area contributed by atoms with Crippen LogP contribution in [0.3, 0.4) is 0 Å². The molecule has 3 aliphatic carbocycles. The molecule has 1 fully saturated rings. The van der Waals surface area contributed by atoms with Crippen molar-refractivity contribution in [2.75, 3.05) is 0 Å². The average Bonchev–Trinajstić information content (AvgIpc) is 2.60. The van der Waals surface area contributed by atoms with Gasteiger partial charge in [-0.1, -0.05) is 24.3 Å². The van der Waals surface area contributed by atoms with Gasteiger partial charge in [0.1, 0.15) is 0 Å². The number of fused-ring (bicyclic) bond motifs is 5. The summed E-state index contributed by atoms with van der Waals surface area (Å²) in [4.78, 5) is 0. The molecule has 2 bridgehead atoms. The van der Waals surface area contributed by atoms with Gasteiger partial charge in [-0.3, -0.25) is 0 Å². The fourth-order valence-corrected chi connectivity index (χ4v) is 2.97. The second kappa shape index (κ2) is 5.14. The predicted molar refractivity (Wildman–Crippen MR) is 56.0 cm³/mol. The maximum absolute atomic E-state index is 2.44. The topological polar surface area (TPSA) is 0 Å². The number of rotatable bonds is 0. The Kier molecular flexibility index (Phi) is 5.52. The summed E-state index contributed by atoms with van der Waals surface area (Å²) in [5, 5.41) is 0. The molecule has 3 aliphatic rings. The summed E-state index contributed by atoms with van der Waals surface area (Å²) < 4.78 is 0. The SMILES string of the molecule is C1=CC2C3C=CC(C3)C2C1.Cl.Cl.[Zr]. The quantitative estimate of drug-likeness (QED) is 0.602. The summed E-state index contributed by atoms with van der Waals surface area (Å²) in [6.07, 6.45) is 12.5. The Morgan fingerprint density at radius 3 is 2.31 bits per heavy atom. The van der Waals surface area contributed by atoms with Crippen LogP contribution in [-0.2, 0) is 26.2 Å². The van der Waals surface area contributed by atoms with Gasteiger partial charge in [-0.2, -0.15) is 0 Å². The van der Waals surface area contributed by atoms with E-state index in [-0.39, 0.29) is 51.0 Å². The van der Waals surface area contributed by atoms with Crippen LogP contribution in [0, 0.1) is 23.7 Å². The van der Waals surface area contributed by atoms with Crippen molar-refractivity contribution in [1.29, 1.82) is 0 Å². The Bertz CT molecular complexity index is 225. The fourth-order valence-electron chi connectivity index (χ4n) is 2.97. The van der Waals surface area contributed by atoms with Gasteiger partial charge in [0.15, 0.2) is 0 Å². The molecule has 0 N–H and O–H groups in total. The van der Waals surface area contributed by atoms with Gasteiger partial charge in [-0.05, 0) is 36.5 Å². The predicted octanol–water partition coefficient (Wildman–Crippen LogP) is 3.23. The Hall–Kier alpha value is 0.943. The number of allylic oxidation sites excluding steroid dienone is 4. The van der Waals surface area contributed by atoms with E-state index in [1.165, 1.54) is 12.8 Å². The van der Waals surface area contributed by atoms with Crippen molar-refractivity contribution in [2.45, 2.75) is 12.8 Å². The van der Waals surface area contributed by atoms with E-state index in [2.05, 4.69) is 24.3 Å². The van der Waals surface area contributed by atoms with Gasteiger partial charge in [0.05, 0.1) is 0 Å². The average molecular weight is 296 g/mol. The van der Waals surface area contributed by atoms with Gasteiger partial charge in [-0.25, -0.2) is 0 Å². The first-order valence-electron chi connectivity index (χ1n) is 4.30. The maximum Gasteiger partial charge on any atom is 0 e. The van der Waals surface area contributed by atoms with Gasteiger partial charge in [-0.15, -0.1) is 24.8 Å². The van der Waals surface area contributed by atoms with Crippen molar-refractivity contribution in [3.63, 3.8) is 0 Å². The minimum atomic E-state index is 0. The van der Waals surface area contributed by atoms with Crippen LogP contribution in [0.1, 0.15) is 12.8 Å². The smallest absolute Gasteiger partial charge is 0 e. The molecule has 0 aromatic carbocycles. The zero-order valence-electron chi connectivity index (χ0n) is 7.35. The van der Waals surface area contributed by atoms with Crippen molar-refractivity contribution in [2.24, 2.45) is 23.7 Å². The second-order valence-electron chi connectivity index (χ2n) is 3.85. The van der Waals surface area contributed by atoms with E-state index in [4.69, 9.17) is 0 Å². The first kappa shape index (κ1) is 13.9. The van der Waals surface area contributed by atoms with Crippen LogP contribution < -0.4 is 0 Å².